The molecular formula is C19H18N2O7. The van der Waals surface area contributed by atoms with Crippen LogP contribution in [-0.4, -0.2) is 31.8 Å². The van der Waals surface area contributed by atoms with Crippen molar-refractivity contribution in [3.05, 3.63) is 57.6 Å². The van der Waals surface area contributed by atoms with Gasteiger partial charge in [0.1, 0.15) is 17.2 Å². The number of fused-ring (bicyclic) bond motifs is 1. The van der Waals surface area contributed by atoms with E-state index in [9.17, 15) is 14.9 Å². The number of amides is 1. The highest BCUT2D eigenvalue weighted by molar-refractivity contribution is 6.03. The number of nitrogens with one attached hydrogen (secondary N) is 1. The van der Waals surface area contributed by atoms with Crippen LogP contribution in [0.3, 0.4) is 0 Å². The highest BCUT2D eigenvalue weighted by atomic mass is 16.7. The summed E-state index contributed by atoms with van der Waals surface area (Å²) in [4.78, 5) is 22.9. The molecule has 1 N–H and O–H groups in total. The Hall–Kier alpha value is -3.59. The summed E-state index contributed by atoms with van der Waals surface area (Å²) in [5, 5.41) is 13.8. The lowest BCUT2D eigenvalue weighted by molar-refractivity contribution is -0.385. The Morgan fingerprint density at radius 3 is 2.79 bits per heavy atom. The van der Waals surface area contributed by atoms with Crippen molar-refractivity contribution in [2.45, 2.75) is 6.61 Å². The molecule has 0 radical (unpaired) electrons. The molecule has 0 spiro atoms. The molecule has 9 nitrogen and oxygen atoms in total. The van der Waals surface area contributed by atoms with Crippen molar-refractivity contribution >= 4 is 23.4 Å². The summed E-state index contributed by atoms with van der Waals surface area (Å²) in [5.41, 5.74) is 1.33. The molecule has 1 aliphatic rings. The molecule has 0 bridgehead atoms. The van der Waals surface area contributed by atoms with Gasteiger partial charge in [-0.3, -0.25) is 14.9 Å². The lowest BCUT2D eigenvalue weighted by Gasteiger charge is -2.19. The summed E-state index contributed by atoms with van der Waals surface area (Å²) < 4.78 is 21.0. The van der Waals surface area contributed by atoms with Gasteiger partial charge in [-0.05, 0) is 18.2 Å². The van der Waals surface area contributed by atoms with Gasteiger partial charge in [0, 0.05) is 35.4 Å². The van der Waals surface area contributed by atoms with Crippen molar-refractivity contribution in [3.63, 3.8) is 0 Å². The van der Waals surface area contributed by atoms with Gasteiger partial charge in [0.05, 0.1) is 31.4 Å². The quantitative estimate of drug-likeness (QED) is 0.461. The van der Waals surface area contributed by atoms with Gasteiger partial charge < -0.3 is 24.3 Å². The summed E-state index contributed by atoms with van der Waals surface area (Å²) in [6, 6.07) is 7.73. The molecule has 2 aromatic rings. The zero-order chi connectivity index (χ0) is 20.1. The third kappa shape index (κ3) is 4.21. The summed E-state index contributed by atoms with van der Waals surface area (Å²) in [7, 11) is 3.01. The van der Waals surface area contributed by atoms with Crippen molar-refractivity contribution in [1.82, 2.24) is 0 Å². The minimum Gasteiger partial charge on any atom is -0.497 e. The number of hydrogen-bond acceptors (Lipinski definition) is 7. The van der Waals surface area contributed by atoms with Crippen LogP contribution in [-0.2, 0) is 16.1 Å². The van der Waals surface area contributed by atoms with E-state index in [-0.39, 0.29) is 19.1 Å². The Labute approximate surface area is 160 Å². The number of carbonyl (C=O) groups excluding carboxylic acids is 1. The maximum atomic E-state index is 12.3. The van der Waals surface area contributed by atoms with Crippen LogP contribution in [0.25, 0.3) is 6.08 Å². The average Bonchev–Trinajstić information content (AvgIpc) is 2.71. The molecule has 1 aliphatic heterocycles. The molecule has 28 heavy (non-hydrogen) atoms. The summed E-state index contributed by atoms with van der Waals surface area (Å²) in [6.45, 7) is 0.244. The second kappa shape index (κ2) is 8.40. The topological polar surface area (TPSA) is 109 Å². The molecule has 0 saturated carbocycles. The van der Waals surface area contributed by atoms with E-state index >= 15 is 0 Å². The summed E-state index contributed by atoms with van der Waals surface area (Å²) in [5.74, 6) is 1.06. The van der Waals surface area contributed by atoms with Crippen molar-refractivity contribution in [2.75, 3.05) is 26.3 Å². The number of hydrogen-bond donors (Lipinski definition) is 1. The number of methoxy groups -OCH3 is 2. The van der Waals surface area contributed by atoms with Crippen LogP contribution in [0, 0.1) is 10.1 Å². The van der Waals surface area contributed by atoms with E-state index in [1.165, 1.54) is 38.5 Å². The van der Waals surface area contributed by atoms with Crippen molar-refractivity contribution < 1.29 is 28.7 Å². The monoisotopic (exact) mass is 386 g/mol. The first-order valence-electron chi connectivity index (χ1n) is 8.24. The number of carbonyl (C=O) groups is 1. The minimum absolute atomic E-state index is 0.0426. The molecule has 0 fully saturated rings. The molecule has 1 amide bonds. The van der Waals surface area contributed by atoms with Crippen molar-refractivity contribution in [3.8, 4) is 17.2 Å². The van der Waals surface area contributed by atoms with E-state index in [0.717, 1.165) is 0 Å². The predicted octanol–water partition coefficient (Wildman–Crippen LogP) is 3.13. The summed E-state index contributed by atoms with van der Waals surface area (Å²) in [6.07, 6.45) is 2.73. The second-order valence-corrected chi connectivity index (χ2v) is 5.78. The van der Waals surface area contributed by atoms with Crippen LogP contribution >= 0.6 is 0 Å². The van der Waals surface area contributed by atoms with Gasteiger partial charge in [0.15, 0.2) is 6.79 Å². The Morgan fingerprint density at radius 2 is 2.07 bits per heavy atom. The van der Waals surface area contributed by atoms with Gasteiger partial charge in [-0.1, -0.05) is 0 Å². The fourth-order valence-corrected chi connectivity index (χ4v) is 2.70. The molecular weight excluding hydrogens is 368 g/mol. The molecule has 1 heterocycles. The summed E-state index contributed by atoms with van der Waals surface area (Å²) >= 11 is 0. The Bertz CT molecular complexity index is 940. The molecule has 0 aliphatic carbocycles. The van der Waals surface area contributed by atoms with Gasteiger partial charge in [0.25, 0.3) is 5.69 Å². The van der Waals surface area contributed by atoms with E-state index in [1.54, 1.807) is 18.2 Å². The van der Waals surface area contributed by atoms with E-state index in [2.05, 4.69) is 5.32 Å². The molecule has 9 heteroatoms. The zero-order valence-electron chi connectivity index (χ0n) is 15.3. The van der Waals surface area contributed by atoms with E-state index < -0.39 is 10.8 Å². The molecule has 3 rings (SSSR count). The number of nitro benzene ring substituents is 1. The normalized spacial score (nSPS) is 12.8. The number of non-ortho nitro benzene ring substituents is 1. The zero-order valence-corrected chi connectivity index (χ0v) is 15.3. The van der Waals surface area contributed by atoms with Gasteiger partial charge >= 0.3 is 0 Å². The molecule has 146 valence electrons. The van der Waals surface area contributed by atoms with Gasteiger partial charge in [0.2, 0.25) is 5.91 Å². The highest BCUT2D eigenvalue weighted by Crippen LogP contribution is 2.33. The third-order valence-corrected chi connectivity index (χ3v) is 4.02. The fraction of sp³-hybridized carbons (Fsp3) is 0.211. The van der Waals surface area contributed by atoms with Crippen LogP contribution in [0.1, 0.15) is 11.1 Å². The van der Waals surface area contributed by atoms with Gasteiger partial charge in [-0.2, -0.15) is 0 Å². The number of ether oxygens (including phenoxy) is 4. The van der Waals surface area contributed by atoms with Crippen LogP contribution < -0.4 is 19.5 Å². The van der Waals surface area contributed by atoms with Crippen molar-refractivity contribution in [2.24, 2.45) is 0 Å². The lowest BCUT2D eigenvalue weighted by Crippen LogP contribution is -2.13. The first kappa shape index (κ1) is 19.2. The van der Waals surface area contributed by atoms with Crippen LogP contribution in [0.5, 0.6) is 17.2 Å². The van der Waals surface area contributed by atoms with Crippen LogP contribution in [0.4, 0.5) is 11.4 Å². The number of anilines is 1. The smallest absolute Gasteiger partial charge is 0.270 e. The number of nitrogens with zero attached hydrogens (tertiary/aromatic N) is 1. The number of nitro groups is 1. The van der Waals surface area contributed by atoms with E-state index in [0.29, 0.717) is 34.1 Å². The third-order valence-electron chi connectivity index (χ3n) is 4.02. The molecule has 0 saturated heterocycles. The molecule has 2 aromatic carbocycles. The maximum Gasteiger partial charge on any atom is 0.270 e. The van der Waals surface area contributed by atoms with Crippen molar-refractivity contribution in [1.29, 1.82) is 0 Å². The minimum atomic E-state index is -0.505. The number of benzene rings is 2. The standard InChI is InChI=1S/C19H18N2O7/c1-25-15-4-5-16(17(9-15)26-2)20-18(22)6-3-12-7-14(21(23)24)8-13-10-27-11-28-19(12)13/h3-9H,10-11H2,1-2H3,(H,20,22)/b6-3+. The fourth-order valence-electron chi connectivity index (χ4n) is 2.70. The Balaban J connectivity index is 1.83. The average molecular weight is 386 g/mol. The number of rotatable bonds is 6. The molecule has 0 unspecified atom stereocenters. The van der Waals surface area contributed by atoms with Crippen LogP contribution in [0.15, 0.2) is 36.4 Å². The van der Waals surface area contributed by atoms with Gasteiger partial charge in [-0.15, -0.1) is 0 Å². The largest absolute Gasteiger partial charge is 0.497 e. The molecule has 0 aromatic heterocycles. The molecule has 0 atom stereocenters. The predicted molar refractivity (Wildman–Crippen MR) is 101 cm³/mol. The van der Waals surface area contributed by atoms with Gasteiger partial charge in [-0.25, -0.2) is 0 Å². The SMILES string of the molecule is COc1ccc(NC(=O)/C=C/c2cc([N+](=O)[O-])cc3c2OCOC3)c(OC)c1. The second-order valence-electron chi connectivity index (χ2n) is 5.78. The maximum absolute atomic E-state index is 12.3. The lowest BCUT2D eigenvalue weighted by atomic mass is 10.1. The van der Waals surface area contributed by atoms with Crippen LogP contribution in [0.2, 0.25) is 0 Å². The first-order valence-corrected chi connectivity index (χ1v) is 8.24. The Morgan fingerprint density at radius 1 is 1.25 bits per heavy atom. The van der Waals surface area contributed by atoms with E-state index in [4.69, 9.17) is 18.9 Å². The Kier molecular flexibility index (Phi) is 5.75. The van der Waals surface area contributed by atoms with E-state index in [1.807, 2.05) is 0 Å². The first-order chi connectivity index (χ1) is 13.5. The highest BCUT2D eigenvalue weighted by Gasteiger charge is 2.20.